The lowest BCUT2D eigenvalue weighted by molar-refractivity contribution is -0.295. The summed E-state index contributed by atoms with van der Waals surface area (Å²) in [6, 6.07) is 0. The normalized spacial score (nSPS) is 39.6. The number of carboxylic acids is 1. The minimum Gasteiger partial charge on any atom is -0.479 e. The monoisotopic (exact) mass is 238 g/mol. The van der Waals surface area contributed by atoms with Gasteiger partial charge in [-0.3, -0.25) is 0 Å². The van der Waals surface area contributed by atoms with Crippen LogP contribution >= 0.6 is 0 Å². The highest BCUT2D eigenvalue weighted by molar-refractivity contribution is 5.73. The molecule has 1 rings (SSSR count). The van der Waals surface area contributed by atoms with Crippen molar-refractivity contribution in [2.75, 3.05) is 13.2 Å². The zero-order valence-electron chi connectivity index (χ0n) is 8.26. The Labute approximate surface area is 90.6 Å². The van der Waals surface area contributed by atoms with Crippen molar-refractivity contribution in [3.8, 4) is 0 Å². The van der Waals surface area contributed by atoms with Gasteiger partial charge >= 0.3 is 5.97 Å². The standard InChI is InChI=1S/C8H14O8/c9-1-2-15-8-5(12)3(10)4(11)6(16-8)7(13)14/h3-6,8-12H,1-2H2,(H,13,14). The van der Waals surface area contributed by atoms with Gasteiger partial charge in [0.2, 0.25) is 0 Å². The van der Waals surface area contributed by atoms with Gasteiger partial charge in [0.25, 0.3) is 0 Å². The van der Waals surface area contributed by atoms with Gasteiger partial charge in [-0.05, 0) is 0 Å². The van der Waals surface area contributed by atoms with Crippen molar-refractivity contribution in [3.63, 3.8) is 0 Å². The fraction of sp³-hybridized carbons (Fsp3) is 0.875. The van der Waals surface area contributed by atoms with Crippen LogP contribution in [0.25, 0.3) is 0 Å². The van der Waals surface area contributed by atoms with Gasteiger partial charge in [0.15, 0.2) is 12.4 Å². The van der Waals surface area contributed by atoms with Gasteiger partial charge in [0, 0.05) is 0 Å². The van der Waals surface area contributed by atoms with E-state index in [-0.39, 0.29) is 13.2 Å². The molecule has 0 aliphatic carbocycles. The van der Waals surface area contributed by atoms with E-state index in [1.807, 2.05) is 0 Å². The lowest BCUT2D eigenvalue weighted by Gasteiger charge is -2.38. The molecule has 1 aliphatic heterocycles. The van der Waals surface area contributed by atoms with Crippen LogP contribution in [0.4, 0.5) is 0 Å². The predicted molar refractivity (Wildman–Crippen MR) is 47.4 cm³/mol. The molecule has 1 aliphatic rings. The molecule has 0 bridgehead atoms. The van der Waals surface area contributed by atoms with Crippen LogP contribution < -0.4 is 0 Å². The predicted octanol–water partition coefficient (Wildman–Crippen LogP) is -3.11. The highest BCUT2D eigenvalue weighted by atomic mass is 16.7. The first-order valence-corrected chi connectivity index (χ1v) is 4.64. The van der Waals surface area contributed by atoms with E-state index in [1.54, 1.807) is 0 Å². The topological polar surface area (TPSA) is 137 Å². The summed E-state index contributed by atoms with van der Waals surface area (Å²) in [6.07, 6.45) is -8.06. The Bertz CT molecular complexity index is 244. The van der Waals surface area contributed by atoms with Crippen LogP contribution in [0.15, 0.2) is 0 Å². The first-order valence-electron chi connectivity index (χ1n) is 4.64. The number of ether oxygens (including phenoxy) is 2. The van der Waals surface area contributed by atoms with Crippen molar-refractivity contribution in [1.82, 2.24) is 0 Å². The van der Waals surface area contributed by atoms with Crippen LogP contribution in [0, 0.1) is 0 Å². The van der Waals surface area contributed by atoms with Crippen molar-refractivity contribution < 1.29 is 39.8 Å². The SMILES string of the molecule is O=C(O)C1OC(OCCO)C(O)C(O)C1O. The van der Waals surface area contributed by atoms with Crippen molar-refractivity contribution in [1.29, 1.82) is 0 Å². The minimum atomic E-state index is -1.73. The fourth-order valence-corrected chi connectivity index (χ4v) is 1.36. The number of aliphatic hydroxyl groups excluding tert-OH is 4. The molecule has 5 N–H and O–H groups in total. The van der Waals surface area contributed by atoms with Crippen molar-refractivity contribution >= 4 is 5.97 Å². The van der Waals surface area contributed by atoms with E-state index in [4.69, 9.17) is 19.7 Å². The van der Waals surface area contributed by atoms with Gasteiger partial charge in [-0.1, -0.05) is 0 Å². The summed E-state index contributed by atoms with van der Waals surface area (Å²) in [5, 5.41) is 45.2. The molecular formula is C8H14O8. The van der Waals surface area contributed by atoms with Crippen LogP contribution in [0.3, 0.4) is 0 Å². The molecule has 0 aromatic carbocycles. The molecule has 1 heterocycles. The largest absolute Gasteiger partial charge is 0.479 e. The Morgan fingerprint density at radius 1 is 1.19 bits per heavy atom. The Hall–Kier alpha value is -0.770. The second kappa shape index (κ2) is 5.53. The average Bonchev–Trinajstić information content (AvgIpc) is 2.24. The van der Waals surface area contributed by atoms with Gasteiger partial charge in [-0.15, -0.1) is 0 Å². The maximum Gasteiger partial charge on any atom is 0.335 e. The summed E-state index contributed by atoms with van der Waals surface area (Å²) in [5.74, 6) is -1.48. The third-order valence-corrected chi connectivity index (χ3v) is 2.19. The van der Waals surface area contributed by atoms with Crippen molar-refractivity contribution in [2.45, 2.75) is 30.7 Å². The minimum absolute atomic E-state index is 0.184. The molecule has 0 amide bonds. The van der Waals surface area contributed by atoms with Crippen molar-refractivity contribution in [2.24, 2.45) is 0 Å². The van der Waals surface area contributed by atoms with Crippen LogP contribution in [0.5, 0.6) is 0 Å². The molecule has 0 radical (unpaired) electrons. The maximum absolute atomic E-state index is 10.7. The van der Waals surface area contributed by atoms with Crippen LogP contribution in [-0.4, -0.2) is 75.4 Å². The number of carboxylic acid groups (broad SMARTS) is 1. The molecule has 5 unspecified atom stereocenters. The fourth-order valence-electron chi connectivity index (χ4n) is 1.36. The molecule has 0 spiro atoms. The van der Waals surface area contributed by atoms with Crippen molar-refractivity contribution in [3.05, 3.63) is 0 Å². The summed E-state index contributed by atoms with van der Waals surface area (Å²) in [7, 11) is 0. The lowest BCUT2D eigenvalue weighted by atomic mass is 9.99. The van der Waals surface area contributed by atoms with E-state index in [9.17, 15) is 20.1 Å². The summed E-state index contributed by atoms with van der Waals surface area (Å²) in [5.41, 5.74) is 0. The van der Waals surface area contributed by atoms with E-state index in [0.717, 1.165) is 0 Å². The molecule has 1 saturated heterocycles. The van der Waals surface area contributed by atoms with Gasteiger partial charge in [0.1, 0.15) is 18.3 Å². The number of carbonyl (C=O) groups is 1. The summed E-state index contributed by atoms with van der Waals surface area (Å²) >= 11 is 0. The average molecular weight is 238 g/mol. The van der Waals surface area contributed by atoms with Gasteiger partial charge in [-0.2, -0.15) is 0 Å². The first-order chi connectivity index (χ1) is 7.49. The molecule has 1 fully saturated rings. The first kappa shape index (κ1) is 13.3. The molecule has 0 aromatic rings. The molecule has 8 heteroatoms. The summed E-state index contributed by atoms with van der Waals surface area (Å²) in [4.78, 5) is 10.7. The third-order valence-electron chi connectivity index (χ3n) is 2.19. The molecule has 0 aromatic heterocycles. The number of hydrogen-bond acceptors (Lipinski definition) is 7. The lowest BCUT2D eigenvalue weighted by Crippen LogP contribution is -2.60. The number of hydrogen-bond donors (Lipinski definition) is 5. The zero-order chi connectivity index (χ0) is 12.3. The molecular weight excluding hydrogens is 224 g/mol. The zero-order valence-corrected chi connectivity index (χ0v) is 8.26. The molecule has 0 saturated carbocycles. The smallest absolute Gasteiger partial charge is 0.335 e. The third kappa shape index (κ3) is 2.67. The summed E-state index contributed by atoms with van der Waals surface area (Å²) < 4.78 is 9.54. The number of aliphatic hydroxyl groups is 4. The molecule has 5 atom stereocenters. The second-order valence-corrected chi connectivity index (χ2v) is 3.33. The van der Waals surface area contributed by atoms with E-state index >= 15 is 0 Å². The van der Waals surface area contributed by atoms with Gasteiger partial charge in [0.05, 0.1) is 13.2 Å². The maximum atomic E-state index is 10.7. The molecule has 8 nitrogen and oxygen atoms in total. The Morgan fingerprint density at radius 3 is 2.31 bits per heavy atom. The van der Waals surface area contributed by atoms with Gasteiger partial charge in [-0.25, -0.2) is 4.79 Å². The second-order valence-electron chi connectivity index (χ2n) is 3.33. The van der Waals surface area contributed by atoms with E-state index < -0.39 is 36.7 Å². The quantitative estimate of drug-likeness (QED) is 0.347. The van der Waals surface area contributed by atoms with E-state index in [1.165, 1.54) is 0 Å². The summed E-state index contributed by atoms with van der Waals surface area (Å²) in [6.45, 7) is -0.528. The Balaban J connectivity index is 2.69. The van der Waals surface area contributed by atoms with E-state index in [2.05, 4.69) is 0 Å². The van der Waals surface area contributed by atoms with Crippen LogP contribution in [-0.2, 0) is 14.3 Å². The van der Waals surface area contributed by atoms with Gasteiger partial charge < -0.3 is 35.0 Å². The number of aliphatic carboxylic acids is 1. The van der Waals surface area contributed by atoms with E-state index in [0.29, 0.717) is 0 Å². The molecule has 16 heavy (non-hydrogen) atoms. The highest BCUT2D eigenvalue weighted by Gasteiger charge is 2.47. The van der Waals surface area contributed by atoms with Crippen LogP contribution in [0.2, 0.25) is 0 Å². The Kier molecular flexibility index (Phi) is 4.59. The highest BCUT2D eigenvalue weighted by Crippen LogP contribution is 2.22. The Morgan fingerprint density at radius 2 is 1.81 bits per heavy atom. The molecule has 94 valence electrons. The number of rotatable bonds is 4. The van der Waals surface area contributed by atoms with Crippen LogP contribution in [0.1, 0.15) is 0 Å².